The van der Waals surface area contributed by atoms with Gasteiger partial charge in [-0.1, -0.05) is 12.1 Å². The van der Waals surface area contributed by atoms with Crippen molar-refractivity contribution in [3.05, 3.63) is 29.3 Å². The minimum absolute atomic E-state index is 0.304. The first-order chi connectivity index (χ1) is 9.37. The van der Waals surface area contributed by atoms with Gasteiger partial charge in [-0.25, -0.2) is 8.42 Å². The van der Waals surface area contributed by atoms with Gasteiger partial charge in [0.15, 0.2) is 9.84 Å². The highest BCUT2D eigenvalue weighted by Gasteiger charge is 2.53. The Morgan fingerprint density at radius 1 is 1.25 bits per heavy atom. The van der Waals surface area contributed by atoms with Gasteiger partial charge in [-0.2, -0.15) is 0 Å². The van der Waals surface area contributed by atoms with E-state index in [4.69, 9.17) is 4.74 Å². The number of methoxy groups -OCH3 is 1. The molecule has 2 saturated heterocycles. The van der Waals surface area contributed by atoms with Crippen molar-refractivity contribution < 1.29 is 18.3 Å². The predicted octanol–water partition coefficient (Wildman–Crippen LogP) is 1.93. The molecule has 2 bridgehead atoms. The van der Waals surface area contributed by atoms with Crippen molar-refractivity contribution in [3.63, 3.8) is 0 Å². The number of hydrogen-bond donors (Lipinski definition) is 1. The Hall–Kier alpha value is -1.07. The highest BCUT2D eigenvalue weighted by atomic mass is 32.2. The zero-order valence-electron chi connectivity index (χ0n) is 11.8. The zero-order chi connectivity index (χ0) is 14.5. The fraction of sp³-hybridized carbons (Fsp3) is 0.600. The molecule has 2 aliphatic rings. The van der Waals surface area contributed by atoms with Gasteiger partial charge < -0.3 is 9.84 Å². The van der Waals surface area contributed by atoms with Crippen LogP contribution in [0.1, 0.15) is 36.8 Å². The van der Waals surface area contributed by atoms with Crippen LogP contribution >= 0.6 is 0 Å². The van der Waals surface area contributed by atoms with Crippen molar-refractivity contribution in [2.24, 2.45) is 0 Å². The lowest BCUT2D eigenvalue weighted by Crippen LogP contribution is -2.43. The highest BCUT2D eigenvalue weighted by Crippen LogP contribution is 2.48. The molecule has 2 aliphatic heterocycles. The van der Waals surface area contributed by atoms with Gasteiger partial charge in [-0.15, -0.1) is 0 Å². The molecule has 3 rings (SSSR count). The summed E-state index contributed by atoms with van der Waals surface area (Å²) in [4.78, 5) is 0. The van der Waals surface area contributed by atoms with Gasteiger partial charge >= 0.3 is 0 Å². The molecule has 2 atom stereocenters. The lowest BCUT2D eigenvalue weighted by molar-refractivity contribution is 0.0171. The molecule has 1 N–H and O–H groups in total. The molecule has 5 heteroatoms. The van der Waals surface area contributed by atoms with Gasteiger partial charge in [0.25, 0.3) is 0 Å². The van der Waals surface area contributed by atoms with E-state index in [1.807, 2.05) is 25.1 Å². The molecule has 4 nitrogen and oxygen atoms in total. The average molecular weight is 296 g/mol. The Bertz CT molecular complexity index is 615. The number of benzene rings is 1. The van der Waals surface area contributed by atoms with Crippen molar-refractivity contribution in [2.45, 2.75) is 48.7 Å². The van der Waals surface area contributed by atoms with E-state index < -0.39 is 25.9 Å². The zero-order valence-corrected chi connectivity index (χ0v) is 12.6. The van der Waals surface area contributed by atoms with Gasteiger partial charge in [-0.05, 0) is 49.8 Å². The monoisotopic (exact) mass is 296 g/mol. The maximum absolute atomic E-state index is 12.1. The molecule has 110 valence electrons. The summed E-state index contributed by atoms with van der Waals surface area (Å²) in [5, 5.41) is 10.2. The molecule has 1 aromatic carbocycles. The first-order valence-electron chi connectivity index (χ1n) is 6.97. The first-order valence-corrected chi connectivity index (χ1v) is 8.58. The van der Waals surface area contributed by atoms with E-state index in [1.54, 1.807) is 7.11 Å². The maximum atomic E-state index is 12.1. The Morgan fingerprint density at radius 2 is 1.85 bits per heavy atom. The van der Waals surface area contributed by atoms with E-state index >= 15 is 0 Å². The van der Waals surface area contributed by atoms with Crippen LogP contribution in [-0.4, -0.2) is 31.1 Å². The van der Waals surface area contributed by atoms with Crippen molar-refractivity contribution in [1.29, 1.82) is 0 Å². The van der Waals surface area contributed by atoms with Crippen molar-refractivity contribution >= 4 is 9.84 Å². The summed E-state index contributed by atoms with van der Waals surface area (Å²) in [6, 6.07) is 5.64. The van der Waals surface area contributed by atoms with Gasteiger partial charge in [0.05, 0.1) is 23.2 Å². The number of fused-ring (bicyclic) bond motifs is 2. The molecular formula is C15H20O4S. The second kappa shape index (κ2) is 4.46. The van der Waals surface area contributed by atoms with E-state index in [-0.39, 0.29) is 0 Å². The Morgan fingerprint density at radius 3 is 2.40 bits per heavy atom. The molecule has 0 radical (unpaired) electrons. The molecule has 0 aromatic heterocycles. The normalized spacial score (nSPS) is 35.0. The molecule has 0 aliphatic carbocycles. The first kappa shape index (κ1) is 13.9. The number of aliphatic hydroxyl groups is 1. The van der Waals surface area contributed by atoms with Gasteiger partial charge in [0.2, 0.25) is 0 Å². The second-order valence-corrected chi connectivity index (χ2v) is 8.55. The number of ether oxygens (including phenoxy) is 1. The number of rotatable bonds is 2. The minimum Gasteiger partial charge on any atom is -0.496 e. The molecule has 0 amide bonds. The van der Waals surface area contributed by atoms with E-state index in [2.05, 4.69) is 0 Å². The molecule has 0 saturated carbocycles. The van der Waals surface area contributed by atoms with Crippen molar-refractivity contribution in [1.82, 2.24) is 0 Å². The Kier molecular flexibility index (Phi) is 3.10. The van der Waals surface area contributed by atoms with E-state index in [0.29, 0.717) is 25.7 Å². The third-order valence-corrected chi connectivity index (χ3v) is 7.48. The third-order valence-electron chi connectivity index (χ3n) is 4.82. The smallest absolute Gasteiger partial charge is 0.156 e. The summed E-state index contributed by atoms with van der Waals surface area (Å²) < 4.78 is 29.6. The van der Waals surface area contributed by atoms with E-state index in [1.165, 1.54) is 0 Å². The summed E-state index contributed by atoms with van der Waals surface area (Å²) in [5.74, 6) is 0.733. The molecule has 20 heavy (non-hydrogen) atoms. The molecule has 2 heterocycles. The molecule has 1 aromatic rings. The number of aryl methyl sites for hydroxylation is 1. The summed E-state index contributed by atoms with van der Waals surface area (Å²) in [7, 11) is -1.42. The average Bonchev–Trinajstić information content (AvgIpc) is 2.59. The minimum atomic E-state index is -3.02. The van der Waals surface area contributed by atoms with Crippen LogP contribution in [0.15, 0.2) is 18.2 Å². The van der Waals surface area contributed by atoms with Crippen LogP contribution in [-0.2, 0) is 15.4 Å². The number of hydrogen-bond acceptors (Lipinski definition) is 4. The maximum Gasteiger partial charge on any atom is 0.156 e. The van der Waals surface area contributed by atoms with Crippen LogP contribution in [0.2, 0.25) is 0 Å². The van der Waals surface area contributed by atoms with Crippen molar-refractivity contribution in [2.75, 3.05) is 7.11 Å². The predicted molar refractivity (Wildman–Crippen MR) is 76.6 cm³/mol. The highest BCUT2D eigenvalue weighted by molar-refractivity contribution is 7.93. The van der Waals surface area contributed by atoms with Crippen LogP contribution in [0.3, 0.4) is 0 Å². The lowest BCUT2D eigenvalue weighted by atomic mass is 9.85. The van der Waals surface area contributed by atoms with Crippen LogP contribution < -0.4 is 4.74 Å². The largest absolute Gasteiger partial charge is 0.496 e. The summed E-state index contributed by atoms with van der Waals surface area (Å²) in [6.07, 6.45) is 1.96. The standard InChI is InChI=1S/C15H20O4S/c1-10-3-4-11(7-14(10)19-2)15(16)8-12-5-6-13(9-15)20(12,17)18/h3-4,7,12-13,16H,5-6,8-9H2,1-2H3. The molecular weight excluding hydrogens is 276 g/mol. The SMILES string of the molecule is COc1cc(C2(O)CC3CCC(C2)S3(=O)=O)ccc1C. The van der Waals surface area contributed by atoms with Gasteiger partial charge in [0.1, 0.15) is 5.75 Å². The fourth-order valence-electron chi connectivity index (χ4n) is 3.59. The molecule has 2 unspecified atom stereocenters. The van der Waals surface area contributed by atoms with Gasteiger partial charge in [0, 0.05) is 0 Å². The van der Waals surface area contributed by atoms with Crippen LogP contribution in [0.4, 0.5) is 0 Å². The molecule has 0 spiro atoms. The quantitative estimate of drug-likeness (QED) is 0.906. The van der Waals surface area contributed by atoms with E-state index in [0.717, 1.165) is 16.9 Å². The van der Waals surface area contributed by atoms with E-state index in [9.17, 15) is 13.5 Å². The lowest BCUT2D eigenvalue weighted by Gasteiger charge is -2.36. The second-order valence-electron chi connectivity index (χ2n) is 6.03. The fourth-order valence-corrected chi connectivity index (χ4v) is 6.08. The Balaban J connectivity index is 1.99. The van der Waals surface area contributed by atoms with Crippen LogP contribution in [0, 0.1) is 6.92 Å². The summed E-state index contributed by atoms with van der Waals surface area (Å²) in [5.41, 5.74) is 0.732. The van der Waals surface area contributed by atoms with Crippen molar-refractivity contribution in [3.8, 4) is 5.75 Å². The van der Waals surface area contributed by atoms with Crippen LogP contribution in [0.5, 0.6) is 5.75 Å². The third kappa shape index (κ3) is 1.95. The topological polar surface area (TPSA) is 63.6 Å². The summed E-state index contributed by atoms with van der Waals surface area (Å²) in [6.45, 7) is 1.95. The number of sulfone groups is 1. The summed E-state index contributed by atoms with van der Waals surface area (Å²) >= 11 is 0. The Labute approximate surface area is 119 Å². The molecule has 2 fully saturated rings. The van der Waals surface area contributed by atoms with Gasteiger partial charge in [-0.3, -0.25) is 0 Å². The van der Waals surface area contributed by atoms with Crippen LogP contribution in [0.25, 0.3) is 0 Å².